The lowest BCUT2D eigenvalue weighted by atomic mass is 10.1. The predicted molar refractivity (Wildman–Crippen MR) is 80.5 cm³/mol. The standard InChI is InChI=1S/C15H18N2OS/c1-17(2)15(18)10-12-5-7-13(8-6-12)16-11-14-4-3-9-19-14/h3-9,16H,10-11H2,1-2H3. The lowest BCUT2D eigenvalue weighted by molar-refractivity contribution is -0.127. The molecule has 2 rings (SSSR count). The van der Waals surface area contributed by atoms with Crippen LogP contribution in [-0.2, 0) is 17.8 Å². The minimum absolute atomic E-state index is 0.124. The Kier molecular flexibility index (Phi) is 4.58. The molecular weight excluding hydrogens is 256 g/mol. The zero-order chi connectivity index (χ0) is 13.7. The third kappa shape index (κ3) is 4.10. The van der Waals surface area contributed by atoms with Crippen molar-refractivity contribution in [2.75, 3.05) is 19.4 Å². The molecule has 0 radical (unpaired) electrons. The molecule has 0 saturated heterocycles. The van der Waals surface area contributed by atoms with Crippen LogP contribution in [0.25, 0.3) is 0 Å². The quantitative estimate of drug-likeness (QED) is 0.909. The molecule has 1 amide bonds. The highest BCUT2D eigenvalue weighted by molar-refractivity contribution is 7.09. The van der Waals surface area contributed by atoms with Crippen molar-refractivity contribution in [2.45, 2.75) is 13.0 Å². The zero-order valence-electron chi connectivity index (χ0n) is 11.2. The smallest absolute Gasteiger partial charge is 0.226 e. The van der Waals surface area contributed by atoms with Crippen molar-refractivity contribution in [1.29, 1.82) is 0 Å². The van der Waals surface area contributed by atoms with Crippen LogP contribution < -0.4 is 5.32 Å². The largest absolute Gasteiger partial charge is 0.380 e. The number of nitrogens with one attached hydrogen (secondary N) is 1. The van der Waals surface area contributed by atoms with Gasteiger partial charge in [-0.3, -0.25) is 4.79 Å². The molecule has 0 aliphatic rings. The van der Waals surface area contributed by atoms with Crippen LogP contribution in [0, 0.1) is 0 Å². The van der Waals surface area contributed by atoms with E-state index in [1.165, 1.54) is 4.88 Å². The maximum atomic E-state index is 11.6. The first-order valence-corrected chi connectivity index (χ1v) is 7.08. The van der Waals surface area contributed by atoms with E-state index in [1.54, 1.807) is 30.3 Å². The fraction of sp³-hybridized carbons (Fsp3) is 0.267. The van der Waals surface area contributed by atoms with Crippen LogP contribution in [0.4, 0.5) is 5.69 Å². The Hall–Kier alpha value is -1.81. The molecule has 0 fully saturated rings. The van der Waals surface area contributed by atoms with Gasteiger partial charge in [-0.2, -0.15) is 0 Å². The first kappa shape index (κ1) is 13.6. The predicted octanol–water partition coefficient (Wildman–Crippen LogP) is 2.99. The van der Waals surface area contributed by atoms with Gasteiger partial charge in [-0.15, -0.1) is 11.3 Å². The monoisotopic (exact) mass is 274 g/mol. The summed E-state index contributed by atoms with van der Waals surface area (Å²) >= 11 is 1.74. The summed E-state index contributed by atoms with van der Waals surface area (Å²) in [5, 5.41) is 5.44. The Bertz CT molecular complexity index is 518. The summed E-state index contributed by atoms with van der Waals surface area (Å²) in [5.74, 6) is 0.124. The number of thiophene rings is 1. The Balaban J connectivity index is 1.89. The van der Waals surface area contributed by atoms with E-state index in [0.29, 0.717) is 6.42 Å². The molecule has 1 heterocycles. The average molecular weight is 274 g/mol. The van der Waals surface area contributed by atoms with E-state index in [4.69, 9.17) is 0 Å². The fourth-order valence-corrected chi connectivity index (χ4v) is 2.32. The molecule has 3 nitrogen and oxygen atoms in total. The molecule has 0 saturated carbocycles. The molecule has 1 N–H and O–H groups in total. The highest BCUT2D eigenvalue weighted by Gasteiger charge is 2.05. The molecule has 0 aliphatic carbocycles. The minimum atomic E-state index is 0.124. The highest BCUT2D eigenvalue weighted by atomic mass is 32.1. The van der Waals surface area contributed by atoms with Crippen molar-refractivity contribution >= 4 is 22.9 Å². The van der Waals surface area contributed by atoms with Crippen molar-refractivity contribution in [1.82, 2.24) is 4.90 Å². The summed E-state index contributed by atoms with van der Waals surface area (Å²) in [6.07, 6.45) is 0.457. The van der Waals surface area contributed by atoms with Crippen LogP contribution in [0.5, 0.6) is 0 Å². The van der Waals surface area contributed by atoms with Gasteiger partial charge in [0.05, 0.1) is 6.42 Å². The second-order valence-electron chi connectivity index (χ2n) is 4.59. The molecule has 1 aromatic carbocycles. The van der Waals surface area contributed by atoms with Gasteiger partial charge in [0.2, 0.25) is 5.91 Å². The number of carbonyl (C=O) groups excluding carboxylic acids is 1. The average Bonchev–Trinajstić information content (AvgIpc) is 2.91. The van der Waals surface area contributed by atoms with Crippen molar-refractivity contribution in [3.8, 4) is 0 Å². The van der Waals surface area contributed by atoms with Gasteiger partial charge < -0.3 is 10.2 Å². The Morgan fingerprint density at radius 2 is 1.95 bits per heavy atom. The number of anilines is 1. The second-order valence-corrected chi connectivity index (χ2v) is 5.63. The summed E-state index contributed by atoms with van der Waals surface area (Å²) in [7, 11) is 3.55. The molecule has 0 bridgehead atoms. The number of nitrogens with zero attached hydrogens (tertiary/aromatic N) is 1. The maximum absolute atomic E-state index is 11.6. The first-order valence-electron chi connectivity index (χ1n) is 6.20. The first-order chi connectivity index (χ1) is 9.15. The Labute approximate surface area is 117 Å². The molecule has 0 aliphatic heterocycles. The van der Waals surface area contributed by atoms with Crippen LogP contribution in [0.1, 0.15) is 10.4 Å². The van der Waals surface area contributed by atoms with Gasteiger partial charge in [-0.05, 0) is 29.1 Å². The zero-order valence-corrected chi connectivity index (χ0v) is 12.0. The van der Waals surface area contributed by atoms with Crippen LogP contribution in [0.2, 0.25) is 0 Å². The van der Waals surface area contributed by atoms with Gasteiger partial charge in [0, 0.05) is 31.2 Å². The number of benzene rings is 1. The molecule has 4 heteroatoms. The van der Waals surface area contributed by atoms with Gasteiger partial charge in [0.1, 0.15) is 0 Å². The normalized spacial score (nSPS) is 10.2. The van der Waals surface area contributed by atoms with E-state index in [-0.39, 0.29) is 5.91 Å². The van der Waals surface area contributed by atoms with Crippen LogP contribution in [-0.4, -0.2) is 24.9 Å². The van der Waals surface area contributed by atoms with Crippen LogP contribution >= 0.6 is 11.3 Å². The summed E-state index contributed by atoms with van der Waals surface area (Å²) in [6.45, 7) is 0.841. The molecule has 2 aromatic rings. The minimum Gasteiger partial charge on any atom is -0.380 e. The summed E-state index contributed by atoms with van der Waals surface area (Å²) < 4.78 is 0. The topological polar surface area (TPSA) is 32.3 Å². The van der Waals surface area contributed by atoms with Crippen molar-refractivity contribution in [3.05, 3.63) is 52.2 Å². The molecule has 0 spiro atoms. The number of hydrogen-bond donors (Lipinski definition) is 1. The Morgan fingerprint density at radius 3 is 2.53 bits per heavy atom. The molecule has 100 valence electrons. The third-order valence-corrected chi connectivity index (χ3v) is 3.73. The van der Waals surface area contributed by atoms with Crippen molar-refractivity contribution in [2.24, 2.45) is 0 Å². The van der Waals surface area contributed by atoms with Gasteiger partial charge in [-0.1, -0.05) is 18.2 Å². The molecular formula is C15H18N2OS. The second kappa shape index (κ2) is 6.38. The van der Waals surface area contributed by atoms with E-state index in [0.717, 1.165) is 17.8 Å². The summed E-state index contributed by atoms with van der Waals surface area (Å²) in [5.41, 5.74) is 2.12. The van der Waals surface area contributed by atoms with E-state index in [2.05, 4.69) is 22.8 Å². The lowest BCUT2D eigenvalue weighted by Crippen LogP contribution is -2.23. The van der Waals surface area contributed by atoms with Crippen molar-refractivity contribution < 1.29 is 4.79 Å². The maximum Gasteiger partial charge on any atom is 0.226 e. The van der Waals surface area contributed by atoms with Crippen LogP contribution in [0.3, 0.4) is 0 Å². The van der Waals surface area contributed by atoms with Gasteiger partial charge >= 0.3 is 0 Å². The van der Waals surface area contributed by atoms with Gasteiger partial charge in [-0.25, -0.2) is 0 Å². The summed E-state index contributed by atoms with van der Waals surface area (Å²) in [6, 6.07) is 12.2. The molecule has 19 heavy (non-hydrogen) atoms. The van der Waals surface area contributed by atoms with Gasteiger partial charge in [0.15, 0.2) is 0 Å². The summed E-state index contributed by atoms with van der Waals surface area (Å²) in [4.78, 5) is 14.5. The van der Waals surface area contributed by atoms with Crippen molar-refractivity contribution in [3.63, 3.8) is 0 Å². The number of hydrogen-bond acceptors (Lipinski definition) is 3. The number of carbonyl (C=O) groups is 1. The number of amides is 1. The molecule has 1 aromatic heterocycles. The van der Waals surface area contributed by atoms with E-state index < -0.39 is 0 Å². The van der Waals surface area contributed by atoms with E-state index in [1.807, 2.05) is 24.3 Å². The molecule has 0 atom stereocenters. The fourth-order valence-electron chi connectivity index (χ4n) is 1.68. The van der Waals surface area contributed by atoms with Crippen LogP contribution in [0.15, 0.2) is 41.8 Å². The SMILES string of the molecule is CN(C)C(=O)Cc1ccc(NCc2cccs2)cc1. The number of rotatable bonds is 5. The number of likely N-dealkylation sites (N-methyl/N-ethyl adjacent to an activating group) is 1. The van der Waals surface area contributed by atoms with E-state index in [9.17, 15) is 4.79 Å². The molecule has 0 unspecified atom stereocenters. The van der Waals surface area contributed by atoms with E-state index >= 15 is 0 Å². The van der Waals surface area contributed by atoms with Gasteiger partial charge in [0.25, 0.3) is 0 Å². The Morgan fingerprint density at radius 1 is 1.21 bits per heavy atom. The highest BCUT2D eigenvalue weighted by Crippen LogP contribution is 2.14. The lowest BCUT2D eigenvalue weighted by Gasteiger charge is -2.10. The third-order valence-electron chi connectivity index (χ3n) is 2.85.